The maximum absolute atomic E-state index is 10.1. The third kappa shape index (κ3) is 15.7. The lowest BCUT2D eigenvalue weighted by Gasteiger charge is -2.46. The smallest absolute Gasteiger partial charge is 0.192 e. The first-order chi connectivity index (χ1) is 33.9. The molecule has 0 heterocycles. The molecule has 0 aliphatic heterocycles. The molecule has 0 aromatic heterocycles. The van der Waals surface area contributed by atoms with Crippen LogP contribution in [0.3, 0.4) is 0 Å². The van der Waals surface area contributed by atoms with Crippen LogP contribution in [0.25, 0.3) is 0 Å². The fourth-order valence-corrected chi connectivity index (χ4v) is 16.2. The highest BCUT2D eigenvalue weighted by atomic mass is 28.4. The second kappa shape index (κ2) is 24.3. The van der Waals surface area contributed by atoms with E-state index in [4.69, 9.17) is 8.85 Å². The van der Waals surface area contributed by atoms with E-state index in [9.17, 15) is 15.3 Å². The number of aliphatic hydroxyl groups is 3. The number of aliphatic hydroxyl groups excluding tert-OH is 2. The van der Waals surface area contributed by atoms with Crippen LogP contribution in [0.4, 0.5) is 0 Å². The van der Waals surface area contributed by atoms with Gasteiger partial charge in [-0.05, 0) is 232 Å². The molecule has 0 aromatic carbocycles. The van der Waals surface area contributed by atoms with Gasteiger partial charge < -0.3 is 24.2 Å². The third-order valence-electron chi connectivity index (χ3n) is 20.4. The summed E-state index contributed by atoms with van der Waals surface area (Å²) in [5, 5.41) is 30.6. The molecule has 0 bridgehead atoms. The van der Waals surface area contributed by atoms with Crippen molar-refractivity contribution < 1.29 is 24.2 Å². The van der Waals surface area contributed by atoms with Crippen LogP contribution in [0.5, 0.6) is 0 Å². The predicted octanol–water partition coefficient (Wildman–Crippen LogP) is 18.9. The van der Waals surface area contributed by atoms with E-state index in [-0.39, 0.29) is 27.7 Å². The van der Waals surface area contributed by atoms with E-state index in [1.807, 2.05) is 13.8 Å². The minimum absolute atomic E-state index is 0.0393. The van der Waals surface area contributed by atoms with E-state index in [1.54, 1.807) is 33.4 Å². The maximum atomic E-state index is 10.1. The first kappa shape index (κ1) is 63.0. The van der Waals surface area contributed by atoms with E-state index in [2.05, 4.69) is 154 Å². The zero-order valence-electron chi connectivity index (χ0n) is 51.5. The van der Waals surface area contributed by atoms with Crippen molar-refractivity contribution in [3.63, 3.8) is 0 Å². The number of allylic oxidation sites excluding steroid dienone is 10. The average molecular weight is 1060 g/mol. The standard InChI is InChI=1S/C40H72O2Si2.C27H42O3/c1-29(19-17-25-37(3,4)5)33-23-24-34-32(20-18-26-40(33,34)12)22-21-31-27-35(41-43(13,14)38(6,7)8)30(2)36(28-31)42-44(15,16)39(9,10)11;1-18(8-6-14-26(3,4)30)22-12-13-23-21(9-7-15-27(22,23)5)11-10-20-16-24(28)19(2)25(29)17-20/h21-22,34-36H,2,17-20,23-28H2,1,3-16H3;10-11,23-25,28-30H,2,6-9,12-17H2,1,3-5H3/b32-22+,33-29+;21-11+,22-18+/t34-,35+,36+,40+;23-,24+,25+,27+/m00/s1. The zero-order valence-corrected chi connectivity index (χ0v) is 53.5. The largest absolute Gasteiger partial charge is 0.410 e. The SMILES string of the molecule is C=C1[C@H](O)CC(=C/C=C2\CCC[C@]3(C)/C(=C(\C)CCCC(C)(C)O)CC[C@@H]23)C[C@H]1O.C=C1[C@H](O[Si](C)(C)C(C)(C)C)CC(=C/C=C2\CCC[C@]3(C)/C(=C(\C)CCCC(C)(C)C)CC[C@@H]23)C[C@H]1O[Si](C)(C)C(C)(C)C. The van der Waals surface area contributed by atoms with Crippen molar-refractivity contribution in [1.29, 1.82) is 0 Å². The van der Waals surface area contributed by atoms with Crippen molar-refractivity contribution in [3.05, 3.63) is 93.2 Å². The lowest BCUT2D eigenvalue weighted by molar-refractivity contribution is 0.0689. The first-order valence-electron chi connectivity index (χ1n) is 29.9. The Morgan fingerprint density at radius 1 is 0.581 bits per heavy atom. The van der Waals surface area contributed by atoms with Gasteiger partial charge in [-0.2, -0.15) is 0 Å². The summed E-state index contributed by atoms with van der Waals surface area (Å²) < 4.78 is 14.2. The lowest BCUT2D eigenvalue weighted by Crippen LogP contribution is -2.49. The van der Waals surface area contributed by atoms with Crippen LogP contribution in [0.15, 0.2) is 93.2 Å². The molecule has 0 radical (unpaired) electrons. The molecule has 6 fully saturated rings. The molecule has 6 saturated carbocycles. The molecule has 6 aliphatic rings. The Morgan fingerprint density at radius 2 is 0.959 bits per heavy atom. The normalized spacial score (nSPS) is 32.1. The minimum Gasteiger partial charge on any atom is -0.410 e. The Labute approximate surface area is 458 Å². The molecule has 7 heteroatoms. The molecule has 0 unspecified atom stereocenters. The van der Waals surface area contributed by atoms with Gasteiger partial charge in [0.25, 0.3) is 0 Å². The summed E-state index contributed by atoms with van der Waals surface area (Å²) in [5.74, 6) is 1.30. The summed E-state index contributed by atoms with van der Waals surface area (Å²) in [6.45, 7) is 52.8. The van der Waals surface area contributed by atoms with Gasteiger partial charge in [-0.25, -0.2) is 0 Å². The van der Waals surface area contributed by atoms with Gasteiger partial charge in [0.2, 0.25) is 0 Å². The van der Waals surface area contributed by atoms with Crippen molar-refractivity contribution in [2.75, 3.05) is 0 Å². The average Bonchev–Trinajstić information content (AvgIpc) is 3.81. The molecule has 0 amide bonds. The van der Waals surface area contributed by atoms with E-state index >= 15 is 0 Å². The van der Waals surface area contributed by atoms with Crippen LogP contribution in [-0.4, -0.2) is 62.0 Å². The summed E-state index contributed by atoms with van der Waals surface area (Å²) in [6, 6.07) is 0. The molecular weight excluding hydrogens is 941 g/mol. The Balaban J connectivity index is 0.000000294. The van der Waals surface area contributed by atoms with E-state index in [0.717, 1.165) is 44.1 Å². The Kier molecular flexibility index (Phi) is 20.6. The van der Waals surface area contributed by atoms with Crippen LogP contribution in [0, 0.1) is 28.1 Å². The van der Waals surface area contributed by atoms with Gasteiger partial charge in [0.15, 0.2) is 16.6 Å². The van der Waals surface area contributed by atoms with Gasteiger partial charge in [-0.15, -0.1) is 0 Å². The quantitative estimate of drug-likeness (QED) is 0.127. The van der Waals surface area contributed by atoms with Crippen LogP contribution in [-0.2, 0) is 8.85 Å². The molecule has 5 nitrogen and oxygen atoms in total. The molecule has 6 aliphatic carbocycles. The monoisotopic (exact) mass is 1050 g/mol. The Hall–Kier alpha value is -1.85. The maximum Gasteiger partial charge on any atom is 0.192 e. The van der Waals surface area contributed by atoms with Crippen LogP contribution in [0.2, 0.25) is 36.3 Å². The first-order valence-corrected chi connectivity index (χ1v) is 35.7. The molecule has 8 atom stereocenters. The molecule has 74 heavy (non-hydrogen) atoms. The van der Waals surface area contributed by atoms with Crippen molar-refractivity contribution in [1.82, 2.24) is 0 Å². The summed E-state index contributed by atoms with van der Waals surface area (Å²) in [4.78, 5) is 0. The minimum atomic E-state index is -1.96. The van der Waals surface area contributed by atoms with Crippen molar-refractivity contribution in [2.45, 2.75) is 299 Å². The van der Waals surface area contributed by atoms with Crippen molar-refractivity contribution in [2.24, 2.45) is 28.1 Å². The van der Waals surface area contributed by atoms with Gasteiger partial charge in [0.1, 0.15) is 0 Å². The van der Waals surface area contributed by atoms with Crippen LogP contribution >= 0.6 is 0 Å². The lowest BCUT2D eigenvalue weighted by atomic mass is 9.64. The molecular formula is C67H114O5Si2. The molecule has 0 spiro atoms. The van der Waals surface area contributed by atoms with Crippen molar-refractivity contribution in [3.8, 4) is 0 Å². The highest BCUT2D eigenvalue weighted by Crippen LogP contribution is 2.60. The highest BCUT2D eigenvalue weighted by Gasteiger charge is 2.49. The summed E-state index contributed by atoms with van der Waals surface area (Å²) in [6.07, 6.45) is 30.9. The van der Waals surface area contributed by atoms with Crippen LogP contribution in [0.1, 0.15) is 232 Å². The van der Waals surface area contributed by atoms with Gasteiger partial charge in [-0.3, -0.25) is 0 Å². The molecule has 420 valence electrons. The Bertz CT molecular complexity index is 2130. The second-order valence-electron chi connectivity index (χ2n) is 30.2. The van der Waals surface area contributed by atoms with Gasteiger partial charge in [0.05, 0.1) is 30.0 Å². The van der Waals surface area contributed by atoms with Gasteiger partial charge in [-0.1, -0.05) is 158 Å². The van der Waals surface area contributed by atoms with E-state index < -0.39 is 34.4 Å². The second-order valence-corrected chi connectivity index (χ2v) is 39.7. The fraction of sp³-hybridized carbons (Fsp3) is 0.761. The van der Waals surface area contributed by atoms with Crippen molar-refractivity contribution >= 4 is 16.6 Å². The molecule has 6 rings (SSSR count). The number of rotatable bonds is 13. The number of fused-ring (bicyclic) bond motifs is 2. The summed E-state index contributed by atoms with van der Waals surface area (Å²) >= 11 is 0. The van der Waals surface area contributed by atoms with E-state index in [1.165, 1.54) is 88.2 Å². The molecule has 3 N–H and O–H groups in total. The van der Waals surface area contributed by atoms with Gasteiger partial charge in [0, 0.05) is 0 Å². The summed E-state index contributed by atoms with van der Waals surface area (Å²) in [7, 11) is -3.93. The summed E-state index contributed by atoms with van der Waals surface area (Å²) in [5.41, 5.74) is 14.7. The number of hydrogen-bond donors (Lipinski definition) is 3. The highest BCUT2D eigenvalue weighted by molar-refractivity contribution is 6.74. The van der Waals surface area contributed by atoms with E-state index in [0.29, 0.717) is 41.1 Å². The predicted molar refractivity (Wildman–Crippen MR) is 323 cm³/mol. The number of hydrogen-bond acceptors (Lipinski definition) is 5. The Morgan fingerprint density at radius 3 is 1.32 bits per heavy atom. The topological polar surface area (TPSA) is 79.2 Å². The molecule has 0 saturated heterocycles. The van der Waals surface area contributed by atoms with Gasteiger partial charge >= 0.3 is 0 Å². The third-order valence-corrected chi connectivity index (χ3v) is 29.4. The zero-order chi connectivity index (χ0) is 55.6. The molecule has 0 aromatic rings. The fourth-order valence-electron chi connectivity index (χ4n) is 13.6. The van der Waals surface area contributed by atoms with Crippen LogP contribution < -0.4 is 0 Å².